The molecule has 0 saturated heterocycles. The number of rotatable bonds is 0. The number of hydrogen-bond donors (Lipinski definition) is 0. The van der Waals surface area contributed by atoms with Crippen LogP contribution in [0.25, 0.3) is 0 Å². The Kier molecular flexibility index (Phi) is 5.21. The molecule has 0 atom stereocenters. The van der Waals surface area contributed by atoms with Crippen molar-refractivity contribution in [3.63, 3.8) is 0 Å². The highest BCUT2D eigenvalue weighted by atomic mass is 15.1. The van der Waals surface area contributed by atoms with Gasteiger partial charge in [0.2, 0.25) is 0 Å². The summed E-state index contributed by atoms with van der Waals surface area (Å²) >= 11 is 0. The second kappa shape index (κ2) is 7.41. The van der Waals surface area contributed by atoms with E-state index in [2.05, 4.69) is 30.4 Å². The van der Waals surface area contributed by atoms with E-state index in [-0.39, 0.29) is 0 Å². The molecule has 0 aromatic carbocycles. The molecule has 1 rings (SSSR count). The molecule has 6 nitrogen and oxygen atoms in total. The van der Waals surface area contributed by atoms with Gasteiger partial charge in [0.1, 0.15) is 0 Å². The Morgan fingerprint density at radius 3 is 0.929 bits per heavy atom. The fourth-order valence-electron chi connectivity index (χ4n) is 0.527. The second-order valence-electron chi connectivity index (χ2n) is 1.95. The van der Waals surface area contributed by atoms with Gasteiger partial charge in [-0.05, 0) is 0 Å². The summed E-state index contributed by atoms with van der Waals surface area (Å²) in [5.41, 5.74) is 0. The van der Waals surface area contributed by atoms with Gasteiger partial charge in [0.15, 0.2) is 0 Å². The molecule has 70 valence electrons. The molecule has 0 N–H and O–H groups in total. The predicted octanol–water partition coefficient (Wildman–Crippen LogP) is 0.305. The molecule has 0 spiro atoms. The molecule has 0 fully saturated rings. The number of nitrogens with zero attached hydrogens (tertiary/aromatic N) is 6. The van der Waals surface area contributed by atoms with E-state index >= 15 is 0 Å². The Labute approximate surface area is 80.8 Å². The van der Waals surface area contributed by atoms with Crippen molar-refractivity contribution in [1.29, 1.82) is 0 Å². The van der Waals surface area contributed by atoms with Crippen LogP contribution in [0.1, 0.15) is 0 Å². The van der Waals surface area contributed by atoms with Crippen molar-refractivity contribution >= 4 is 0 Å². The van der Waals surface area contributed by atoms with E-state index in [1.165, 1.54) is 49.6 Å². The van der Waals surface area contributed by atoms with Crippen LogP contribution in [0.15, 0.2) is 49.6 Å². The minimum absolute atomic E-state index is 1.45. The summed E-state index contributed by atoms with van der Waals surface area (Å²) in [6.07, 6.45) is 11.8. The molecule has 0 aliphatic rings. The first kappa shape index (κ1) is 9.85. The molecule has 1 aromatic heterocycles. The third kappa shape index (κ3) is 5.42. The monoisotopic (exact) mass is 188 g/mol. The Balaban J connectivity index is 3.00. The Hall–Kier alpha value is -2.24. The van der Waals surface area contributed by atoms with Crippen LogP contribution in [0.3, 0.4) is 0 Å². The lowest BCUT2D eigenvalue weighted by Gasteiger charge is -1.69. The molecule has 0 unspecified atom stereocenters. The number of hydrogen-bond acceptors (Lipinski definition) is 6. The smallest absolute Gasteiger partial charge is 0.0678 e. The lowest BCUT2D eigenvalue weighted by molar-refractivity contribution is 1.01. The van der Waals surface area contributed by atoms with Crippen LogP contribution in [0.2, 0.25) is 0 Å². The molecular formula is C8H8N6. The molecule has 0 amide bonds. The van der Waals surface area contributed by atoms with E-state index in [0.29, 0.717) is 0 Å². The summed E-state index contributed by atoms with van der Waals surface area (Å²) in [5.74, 6) is 0. The SMILES string of the molecule is c1cnnccnccnnccn1. The van der Waals surface area contributed by atoms with Gasteiger partial charge in [-0.15, -0.1) is 0 Å². The van der Waals surface area contributed by atoms with E-state index in [0.717, 1.165) is 0 Å². The maximum Gasteiger partial charge on any atom is 0.0678 e. The summed E-state index contributed by atoms with van der Waals surface area (Å²) in [6, 6.07) is 0. The van der Waals surface area contributed by atoms with Gasteiger partial charge in [0.25, 0.3) is 0 Å². The van der Waals surface area contributed by atoms with Crippen LogP contribution in [-0.2, 0) is 0 Å². The quantitative estimate of drug-likeness (QED) is 0.583. The van der Waals surface area contributed by atoms with Crippen molar-refractivity contribution in [2.24, 2.45) is 0 Å². The Morgan fingerprint density at radius 2 is 0.643 bits per heavy atom. The summed E-state index contributed by atoms with van der Waals surface area (Å²) in [7, 11) is 0. The van der Waals surface area contributed by atoms with Gasteiger partial charge in [-0.3, -0.25) is 9.97 Å². The molecule has 0 aliphatic carbocycles. The van der Waals surface area contributed by atoms with E-state index in [1.54, 1.807) is 0 Å². The average molecular weight is 188 g/mol. The van der Waals surface area contributed by atoms with Crippen LogP contribution >= 0.6 is 0 Å². The van der Waals surface area contributed by atoms with Gasteiger partial charge in [-0.25, -0.2) is 0 Å². The lowest BCUT2D eigenvalue weighted by Crippen LogP contribution is -1.72. The molecule has 0 radical (unpaired) electrons. The average Bonchev–Trinajstić information content (AvgIpc) is 2.22. The summed E-state index contributed by atoms with van der Waals surface area (Å²) in [4.78, 5) is 7.64. The van der Waals surface area contributed by atoms with Crippen LogP contribution < -0.4 is 0 Å². The fraction of sp³-hybridized carbons (Fsp3) is 0. The van der Waals surface area contributed by atoms with Gasteiger partial charge in [-0.2, -0.15) is 20.4 Å². The molecule has 14 heavy (non-hydrogen) atoms. The topological polar surface area (TPSA) is 77.3 Å². The van der Waals surface area contributed by atoms with E-state index in [9.17, 15) is 0 Å². The van der Waals surface area contributed by atoms with Gasteiger partial charge >= 0.3 is 0 Å². The van der Waals surface area contributed by atoms with Crippen LogP contribution in [0.5, 0.6) is 0 Å². The normalized spacial score (nSPS) is 8.00. The highest BCUT2D eigenvalue weighted by Crippen LogP contribution is 1.63. The van der Waals surface area contributed by atoms with Gasteiger partial charge < -0.3 is 0 Å². The largest absolute Gasteiger partial charge is 0.261 e. The van der Waals surface area contributed by atoms with Crippen molar-refractivity contribution in [2.75, 3.05) is 0 Å². The summed E-state index contributed by atoms with van der Waals surface area (Å²) in [6.45, 7) is 0. The molecule has 1 heterocycles. The second-order valence-corrected chi connectivity index (χ2v) is 1.95. The predicted molar refractivity (Wildman–Crippen MR) is 48.5 cm³/mol. The summed E-state index contributed by atoms with van der Waals surface area (Å²) in [5, 5.41) is 14.6. The van der Waals surface area contributed by atoms with Crippen molar-refractivity contribution in [2.45, 2.75) is 0 Å². The molecular weight excluding hydrogens is 180 g/mol. The van der Waals surface area contributed by atoms with Crippen LogP contribution in [0, 0.1) is 0 Å². The maximum atomic E-state index is 3.82. The highest BCUT2D eigenvalue weighted by Gasteiger charge is 1.60. The molecule has 0 saturated carbocycles. The van der Waals surface area contributed by atoms with Crippen LogP contribution in [-0.4, -0.2) is 30.4 Å². The molecule has 6 heteroatoms. The van der Waals surface area contributed by atoms with Crippen molar-refractivity contribution in [1.82, 2.24) is 30.4 Å². The fourth-order valence-corrected chi connectivity index (χ4v) is 0.527. The van der Waals surface area contributed by atoms with E-state index in [1.807, 2.05) is 0 Å². The molecule has 0 aliphatic heterocycles. The van der Waals surface area contributed by atoms with Crippen molar-refractivity contribution in [3.05, 3.63) is 49.6 Å². The van der Waals surface area contributed by atoms with Crippen LogP contribution in [0.4, 0.5) is 0 Å². The Morgan fingerprint density at radius 1 is 0.357 bits per heavy atom. The first-order valence-electron chi connectivity index (χ1n) is 3.80. The number of aromatic nitrogens is 6. The Bertz CT molecular complexity index is 227. The van der Waals surface area contributed by atoms with E-state index in [4.69, 9.17) is 0 Å². The zero-order valence-corrected chi connectivity index (χ0v) is 7.30. The lowest BCUT2D eigenvalue weighted by atomic mass is 10.8. The van der Waals surface area contributed by atoms with Gasteiger partial charge in [0.05, 0.1) is 24.8 Å². The minimum Gasteiger partial charge on any atom is -0.261 e. The molecule has 1 aromatic rings. The zero-order valence-electron chi connectivity index (χ0n) is 7.30. The third-order valence-electron chi connectivity index (χ3n) is 1.01. The molecule has 0 bridgehead atoms. The van der Waals surface area contributed by atoms with Gasteiger partial charge in [-0.1, -0.05) is 0 Å². The maximum absolute atomic E-state index is 3.82. The first-order valence-corrected chi connectivity index (χ1v) is 3.80. The standard InChI is InChI=1S/C8H8N6/c1-5-11-12-7-3-10-4-8-14-13-6-2-9-1/h1-8H. The van der Waals surface area contributed by atoms with E-state index < -0.39 is 0 Å². The highest BCUT2D eigenvalue weighted by molar-refractivity contribution is 4.66. The van der Waals surface area contributed by atoms with Crippen molar-refractivity contribution in [3.8, 4) is 0 Å². The van der Waals surface area contributed by atoms with Gasteiger partial charge in [0, 0.05) is 24.8 Å². The zero-order chi connectivity index (χ0) is 9.90. The summed E-state index contributed by atoms with van der Waals surface area (Å²) < 4.78 is 0. The minimum atomic E-state index is 1.45. The van der Waals surface area contributed by atoms with Crippen molar-refractivity contribution < 1.29 is 0 Å². The first-order chi connectivity index (χ1) is 7.00. The third-order valence-corrected chi connectivity index (χ3v) is 1.01.